The zero-order valence-corrected chi connectivity index (χ0v) is 17.0. The summed E-state index contributed by atoms with van der Waals surface area (Å²) >= 11 is 0. The summed E-state index contributed by atoms with van der Waals surface area (Å²) in [7, 11) is 0. The van der Waals surface area contributed by atoms with Crippen LogP contribution in [0.4, 0.5) is 13.2 Å². The maximum absolute atomic E-state index is 12.5. The van der Waals surface area contributed by atoms with Gasteiger partial charge in [0, 0.05) is 25.2 Å². The van der Waals surface area contributed by atoms with Gasteiger partial charge in [-0.05, 0) is 50.6 Å². The van der Waals surface area contributed by atoms with Gasteiger partial charge in [0.15, 0.2) is 5.96 Å². The first-order valence-corrected chi connectivity index (χ1v) is 10.4. The molecule has 5 nitrogen and oxygen atoms in total. The zero-order valence-electron chi connectivity index (χ0n) is 17.0. The van der Waals surface area contributed by atoms with E-state index in [9.17, 15) is 13.2 Å². The summed E-state index contributed by atoms with van der Waals surface area (Å²) in [5.41, 5.74) is 1.03. The fraction of sp³-hybridized carbons (Fsp3) is 0.667. The minimum absolute atomic E-state index is 0.190. The van der Waals surface area contributed by atoms with Crippen molar-refractivity contribution < 1.29 is 17.9 Å². The lowest BCUT2D eigenvalue weighted by Crippen LogP contribution is -2.40. The van der Waals surface area contributed by atoms with Crippen LogP contribution in [0.15, 0.2) is 29.3 Å². The van der Waals surface area contributed by atoms with Gasteiger partial charge in [-0.2, -0.15) is 13.2 Å². The Bertz CT molecular complexity index is 676. The molecule has 1 heterocycles. The number of guanidine groups is 1. The van der Waals surface area contributed by atoms with Crippen molar-refractivity contribution in [2.75, 3.05) is 39.3 Å². The average Bonchev–Trinajstić information content (AvgIpc) is 3.40. The van der Waals surface area contributed by atoms with Gasteiger partial charge < -0.3 is 15.4 Å². The Hall–Kier alpha value is -1.96. The monoisotopic (exact) mass is 412 g/mol. The summed E-state index contributed by atoms with van der Waals surface area (Å²) in [4.78, 5) is 6.12. The van der Waals surface area contributed by atoms with Gasteiger partial charge in [-0.15, -0.1) is 0 Å². The molecule has 162 valence electrons. The topological polar surface area (TPSA) is 48.9 Å². The van der Waals surface area contributed by atoms with Crippen molar-refractivity contribution in [2.24, 2.45) is 16.8 Å². The Kier molecular flexibility index (Phi) is 7.64. The third-order valence-electron chi connectivity index (χ3n) is 5.23. The van der Waals surface area contributed by atoms with Crippen molar-refractivity contribution in [1.29, 1.82) is 0 Å². The number of nitrogens with one attached hydrogen (secondary N) is 2. The lowest BCUT2D eigenvalue weighted by Gasteiger charge is -2.18. The summed E-state index contributed by atoms with van der Waals surface area (Å²) in [5, 5.41) is 6.50. The lowest BCUT2D eigenvalue weighted by atomic mass is 10.1. The summed E-state index contributed by atoms with van der Waals surface area (Å²) in [6.45, 7) is 4.70. The summed E-state index contributed by atoms with van der Waals surface area (Å²) in [5.74, 6) is 2.43. The molecule has 2 aliphatic rings. The molecule has 8 heteroatoms. The van der Waals surface area contributed by atoms with Crippen LogP contribution < -0.4 is 15.4 Å². The molecule has 1 aliphatic carbocycles. The van der Waals surface area contributed by atoms with E-state index in [1.54, 1.807) is 0 Å². The normalized spacial score (nSPS) is 20.7. The number of likely N-dealkylation sites (tertiary alicyclic amines) is 1. The highest BCUT2D eigenvalue weighted by molar-refractivity contribution is 5.79. The van der Waals surface area contributed by atoms with Crippen LogP contribution in [0.2, 0.25) is 0 Å². The molecule has 1 unspecified atom stereocenters. The molecule has 1 aromatic carbocycles. The van der Waals surface area contributed by atoms with Gasteiger partial charge in [0.25, 0.3) is 0 Å². The van der Waals surface area contributed by atoms with E-state index >= 15 is 0 Å². The number of alkyl halides is 3. The van der Waals surface area contributed by atoms with Gasteiger partial charge in [0.05, 0.1) is 19.7 Å². The van der Waals surface area contributed by atoms with Gasteiger partial charge in [-0.25, -0.2) is 4.99 Å². The van der Waals surface area contributed by atoms with Gasteiger partial charge in [0.1, 0.15) is 5.75 Å². The quantitative estimate of drug-likeness (QED) is 0.482. The van der Waals surface area contributed by atoms with Crippen LogP contribution in [0.1, 0.15) is 31.7 Å². The van der Waals surface area contributed by atoms with Crippen molar-refractivity contribution in [3.63, 3.8) is 0 Å². The van der Waals surface area contributed by atoms with Crippen LogP contribution in [0.25, 0.3) is 0 Å². The number of halogens is 3. The number of ether oxygens (including phenoxy) is 1. The molecule has 1 saturated heterocycles. The molecule has 0 spiro atoms. The van der Waals surface area contributed by atoms with E-state index in [2.05, 4.69) is 15.6 Å². The Balaban J connectivity index is 1.50. The van der Waals surface area contributed by atoms with E-state index in [-0.39, 0.29) is 5.92 Å². The number of benzene rings is 1. The average molecular weight is 413 g/mol. The maximum atomic E-state index is 12.5. The predicted molar refractivity (Wildman–Crippen MR) is 108 cm³/mol. The second-order valence-electron chi connectivity index (χ2n) is 7.94. The summed E-state index contributed by atoms with van der Waals surface area (Å²) in [6, 6.07) is 7.93. The number of para-hydroxylation sites is 1. The minimum Gasteiger partial charge on any atom is -0.493 e. The highest BCUT2D eigenvalue weighted by Crippen LogP contribution is 2.30. The number of hydrogen-bond acceptors (Lipinski definition) is 3. The number of nitrogens with zero attached hydrogens (tertiary/aromatic N) is 2. The van der Waals surface area contributed by atoms with Crippen molar-refractivity contribution in [3.05, 3.63) is 29.8 Å². The van der Waals surface area contributed by atoms with Crippen molar-refractivity contribution in [2.45, 2.75) is 38.9 Å². The molecule has 29 heavy (non-hydrogen) atoms. The van der Waals surface area contributed by atoms with Crippen LogP contribution in [0.5, 0.6) is 5.75 Å². The van der Waals surface area contributed by atoms with E-state index in [1.807, 2.05) is 31.2 Å². The molecule has 0 amide bonds. The summed E-state index contributed by atoms with van der Waals surface area (Å²) in [6.07, 6.45) is -0.874. The molecule has 1 saturated carbocycles. The fourth-order valence-electron chi connectivity index (χ4n) is 3.49. The van der Waals surface area contributed by atoms with E-state index in [0.717, 1.165) is 30.9 Å². The van der Waals surface area contributed by atoms with Crippen molar-refractivity contribution in [1.82, 2.24) is 15.5 Å². The second kappa shape index (κ2) is 10.2. The number of aliphatic imine (C=N–C) groups is 1. The number of rotatable bonds is 9. The Morgan fingerprint density at radius 2 is 1.97 bits per heavy atom. The number of hydrogen-bond donors (Lipinski definition) is 2. The Labute approximate surface area is 170 Å². The SMILES string of the molecule is CCNC(=NCc1ccccc1OCC1CC1)NCC1CCN(CC(F)(F)F)C1. The lowest BCUT2D eigenvalue weighted by molar-refractivity contribution is -0.143. The molecule has 2 fully saturated rings. The molecule has 0 aromatic heterocycles. The molecular formula is C21H31F3N4O. The van der Waals surface area contributed by atoms with E-state index < -0.39 is 12.7 Å². The van der Waals surface area contributed by atoms with Crippen LogP contribution >= 0.6 is 0 Å². The highest BCUT2D eigenvalue weighted by Gasteiger charge is 2.34. The van der Waals surface area contributed by atoms with Crippen LogP contribution in [0.3, 0.4) is 0 Å². The van der Waals surface area contributed by atoms with Crippen molar-refractivity contribution >= 4 is 5.96 Å². The van der Waals surface area contributed by atoms with Gasteiger partial charge in [0.2, 0.25) is 0 Å². The van der Waals surface area contributed by atoms with Crippen LogP contribution in [0, 0.1) is 11.8 Å². The zero-order chi connectivity index (χ0) is 20.7. The van der Waals surface area contributed by atoms with Crippen molar-refractivity contribution in [3.8, 4) is 5.75 Å². The molecule has 1 atom stereocenters. The maximum Gasteiger partial charge on any atom is 0.401 e. The van der Waals surface area contributed by atoms with Gasteiger partial charge >= 0.3 is 6.18 Å². The molecular weight excluding hydrogens is 381 g/mol. The third-order valence-corrected chi connectivity index (χ3v) is 5.23. The van der Waals surface area contributed by atoms with Crippen LogP contribution in [-0.2, 0) is 6.54 Å². The Morgan fingerprint density at radius 3 is 2.69 bits per heavy atom. The van der Waals surface area contributed by atoms with E-state index in [4.69, 9.17) is 4.74 Å². The van der Waals surface area contributed by atoms with E-state index in [1.165, 1.54) is 17.7 Å². The third kappa shape index (κ3) is 7.76. The molecule has 0 radical (unpaired) electrons. The molecule has 2 N–H and O–H groups in total. The standard InChI is InChI=1S/C21H31F3N4O/c1-2-25-20(26-11-17-9-10-28(13-17)15-21(22,23)24)27-12-18-5-3-4-6-19(18)29-14-16-7-8-16/h3-6,16-17H,2,7-15H2,1H3,(H2,25,26,27). The minimum atomic E-state index is -4.13. The highest BCUT2D eigenvalue weighted by atomic mass is 19.4. The second-order valence-corrected chi connectivity index (χ2v) is 7.94. The molecule has 1 aliphatic heterocycles. The predicted octanol–water partition coefficient (Wildman–Crippen LogP) is 3.41. The molecule has 1 aromatic rings. The first-order valence-electron chi connectivity index (χ1n) is 10.4. The smallest absolute Gasteiger partial charge is 0.401 e. The largest absolute Gasteiger partial charge is 0.493 e. The molecule has 0 bridgehead atoms. The van der Waals surface area contributed by atoms with Crippen LogP contribution in [-0.4, -0.2) is 56.4 Å². The first-order chi connectivity index (χ1) is 13.9. The fourth-order valence-corrected chi connectivity index (χ4v) is 3.49. The summed E-state index contributed by atoms with van der Waals surface area (Å²) < 4.78 is 43.6. The van der Waals surface area contributed by atoms with Gasteiger partial charge in [-0.1, -0.05) is 18.2 Å². The van der Waals surface area contributed by atoms with E-state index in [0.29, 0.717) is 38.1 Å². The Morgan fingerprint density at radius 1 is 1.17 bits per heavy atom. The molecule has 3 rings (SSSR count). The van der Waals surface area contributed by atoms with Gasteiger partial charge in [-0.3, -0.25) is 4.90 Å². The first kappa shape index (κ1) is 21.7.